The Labute approximate surface area is 169 Å². The van der Waals surface area contributed by atoms with E-state index in [0.717, 1.165) is 30.5 Å². The van der Waals surface area contributed by atoms with Crippen molar-refractivity contribution in [1.29, 1.82) is 0 Å². The van der Waals surface area contributed by atoms with Crippen molar-refractivity contribution in [2.45, 2.75) is 24.3 Å². The number of hydrogen-bond acceptors (Lipinski definition) is 5. The zero-order valence-electron chi connectivity index (χ0n) is 16.0. The molecule has 0 saturated carbocycles. The van der Waals surface area contributed by atoms with Crippen LogP contribution in [0.15, 0.2) is 65.7 Å². The number of ether oxygens (including phenoxy) is 1. The second-order valence-corrected chi connectivity index (χ2v) is 9.18. The highest BCUT2D eigenvalue weighted by molar-refractivity contribution is 7.90. The summed E-state index contributed by atoms with van der Waals surface area (Å²) < 4.78 is 34.4. The maximum atomic E-state index is 13.5. The third-order valence-electron chi connectivity index (χ3n) is 5.30. The largest absolute Gasteiger partial charge is 0.472 e. The molecule has 0 amide bonds. The van der Waals surface area contributed by atoms with Crippen LogP contribution in [0.3, 0.4) is 0 Å². The molecule has 0 bridgehead atoms. The summed E-state index contributed by atoms with van der Waals surface area (Å²) in [5, 5.41) is 4.76. The molecular weight excluding hydrogens is 386 g/mol. The van der Waals surface area contributed by atoms with E-state index in [1.165, 1.54) is 3.97 Å². The maximum absolute atomic E-state index is 13.5. The highest BCUT2D eigenvalue weighted by atomic mass is 32.2. The van der Waals surface area contributed by atoms with E-state index in [4.69, 9.17) is 9.72 Å². The summed E-state index contributed by atoms with van der Waals surface area (Å²) in [6.07, 6.45) is 2.53. The molecule has 1 saturated heterocycles. The Bertz CT molecular complexity index is 1320. The first-order chi connectivity index (χ1) is 14.0. The maximum Gasteiger partial charge on any atom is 0.268 e. The molecule has 148 valence electrons. The molecule has 0 aliphatic carbocycles. The number of aryl methyl sites for hydroxylation is 1. The molecule has 2 aromatic heterocycles. The van der Waals surface area contributed by atoms with Crippen LogP contribution < -0.4 is 10.1 Å². The van der Waals surface area contributed by atoms with E-state index in [1.54, 1.807) is 30.5 Å². The van der Waals surface area contributed by atoms with E-state index in [-0.39, 0.29) is 11.0 Å². The van der Waals surface area contributed by atoms with E-state index in [2.05, 4.69) is 5.32 Å². The van der Waals surface area contributed by atoms with E-state index < -0.39 is 10.0 Å². The van der Waals surface area contributed by atoms with E-state index in [0.29, 0.717) is 22.3 Å². The average molecular weight is 407 g/mol. The molecule has 1 aliphatic rings. The Morgan fingerprint density at radius 3 is 2.76 bits per heavy atom. The number of fused-ring (bicyclic) bond motifs is 3. The van der Waals surface area contributed by atoms with Crippen LogP contribution in [-0.4, -0.2) is 36.6 Å². The number of benzene rings is 2. The smallest absolute Gasteiger partial charge is 0.268 e. The van der Waals surface area contributed by atoms with Crippen molar-refractivity contribution in [2.75, 3.05) is 13.1 Å². The molecule has 4 aromatic rings. The molecule has 1 unspecified atom stereocenters. The van der Waals surface area contributed by atoms with E-state index >= 15 is 0 Å². The molecule has 3 heterocycles. The Balaban J connectivity index is 1.76. The number of nitrogens with one attached hydrogen (secondary N) is 1. The minimum Gasteiger partial charge on any atom is -0.472 e. The van der Waals surface area contributed by atoms with Crippen molar-refractivity contribution >= 4 is 31.8 Å². The summed E-state index contributed by atoms with van der Waals surface area (Å²) in [7, 11) is -3.76. The SMILES string of the molecule is Cc1cccc(S(=O)(=O)n2ccc3c(OC4CCNC4)nc4ccccc4c32)c1. The Kier molecular flexibility index (Phi) is 4.29. The highest BCUT2D eigenvalue weighted by Crippen LogP contribution is 2.34. The Morgan fingerprint density at radius 1 is 1.10 bits per heavy atom. The van der Waals surface area contributed by atoms with Gasteiger partial charge in [-0.05, 0) is 49.7 Å². The number of aromatic nitrogens is 2. The topological polar surface area (TPSA) is 73.2 Å². The lowest BCUT2D eigenvalue weighted by atomic mass is 10.1. The van der Waals surface area contributed by atoms with Gasteiger partial charge in [-0.2, -0.15) is 0 Å². The molecule has 29 heavy (non-hydrogen) atoms. The zero-order chi connectivity index (χ0) is 20.0. The van der Waals surface area contributed by atoms with Gasteiger partial charge < -0.3 is 10.1 Å². The van der Waals surface area contributed by atoms with Crippen LogP contribution in [0.4, 0.5) is 0 Å². The summed E-state index contributed by atoms with van der Waals surface area (Å²) in [6.45, 7) is 3.55. The summed E-state index contributed by atoms with van der Waals surface area (Å²) in [6, 6.07) is 16.3. The van der Waals surface area contributed by atoms with Crippen LogP contribution in [0.5, 0.6) is 5.88 Å². The van der Waals surface area contributed by atoms with Crippen LogP contribution in [0.2, 0.25) is 0 Å². The lowest BCUT2D eigenvalue weighted by Crippen LogP contribution is -2.20. The first kappa shape index (κ1) is 18.1. The van der Waals surface area contributed by atoms with Crippen molar-refractivity contribution in [3.63, 3.8) is 0 Å². The molecule has 1 fully saturated rings. The molecule has 5 rings (SSSR count). The van der Waals surface area contributed by atoms with E-state index in [1.807, 2.05) is 37.3 Å². The van der Waals surface area contributed by atoms with Crippen LogP contribution in [-0.2, 0) is 10.0 Å². The minimum absolute atomic E-state index is 0.0311. The Hall–Kier alpha value is -2.90. The number of pyridine rings is 1. The van der Waals surface area contributed by atoms with Crippen LogP contribution in [0.1, 0.15) is 12.0 Å². The molecule has 1 N–H and O–H groups in total. The molecule has 1 atom stereocenters. The first-order valence-corrected chi connectivity index (χ1v) is 11.1. The molecule has 7 heteroatoms. The summed E-state index contributed by atoms with van der Waals surface area (Å²) in [5.41, 5.74) is 2.20. The lowest BCUT2D eigenvalue weighted by Gasteiger charge is -2.15. The summed E-state index contributed by atoms with van der Waals surface area (Å²) in [5.74, 6) is 0.477. The highest BCUT2D eigenvalue weighted by Gasteiger charge is 2.24. The van der Waals surface area contributed by atoms with Crippen molar-refractivity contribution in [3.05, 3.63) is 66.4 Å². The molecule has 0 radical (unpaired) electrons. The van der Waals surface area contributed by atoms with Gasteiger partial charge in [-0.25, -0.2) is 17.4 Å². The lowest BCUT2D eigenvalue weighted by molar-refractivity contribution is 0.218. The zero-order valence-corrected chi connectivity index (χ0v) is 16.8. The normalized spacial score (nSPS) is 17.2. The van der Waals surface area contributed by atoms with Gasteiger partial charge in [0.1, 0.15) is 6.10 Å². The average Bonchev–Trinajstić information content (AvgIpc) is 3.38. The van der Waals surface area contributed by atoms with Crippen molar-refractivity contribution < 1.29 is 13.2 Å². The predicted molar refractivity (Wildman–Crippen MR) is 113 cm³/mol. The third-order valence-corrected chi connectivity index (χ3v) is 6.98. The van der Waals surface area contributed by atoms with Gasteiger partial charge in [-0.15, -0.1) is 0 Å². The molecule has 1 aliphatic heterocycles. The van der Waals surface area contributed by atoms with Crippen molar-refractivity contribution in [1.82, 2.24) is 14.3 Å². The fraction of sp³-hybridized carbons (Fsp3) is 0.227. The monoisotopic (exact) mass is 407 g/mol. The second kappa shape index (κ2) is 6.86. The van der Waals surface area contributed by atoms with E-state index in [9.17, 15) is 8.42 Å². The van der Waals surface area contributed by atoms with Crippen LogP contribution >= 0.6 is 0 Å². The molecule has 2 aromatic carbocycles. The van der Waals surface area contributed by atoms with Gasteiger partial charge in [0.05, 0.1) is 21.3 Å². The number of rotatable bonds is 4. The molecule has 0 spiro atoms. The summed E-state index contributed by atoms with van der Waals surface area (Å²) in [4.78, 5) is 4.95. The van der Waals surface area contributed by atoms with Gasteiger partial charge in [0.15, 0.2) is 0 Å². The minimum atomic E-state index is -3.76. The first-order valence-electron chi connectivity index (χ1n) is 9.63. The fourth-order valence-corrected chi connectivity index (χ4v) is 5.33. The standard InChI is InChI=1S/C22H21N3O3S/c1-15-5-4-6-17(13-15)29(26,27)25-12-10-19-21(25)18-7-2-3-8-20(18)24-22(19)28-16-9-11-23-14-16/h2-8,10,12-13,16,23H,9,11,14H2,1H3. The van der Waals surface area contributed by atoms with Gasteiger partial charge in [0.2, 0.25) is 5.88 Å². The molecule has 6 nitrogen and oxygen atoms in total. The molecular formula is C22H21N3O3S. The van der Waals surface area contributed by atoms with Gasteiger partial charge in [-0.3, -0.25) is 0 Å². The fourth-order valence-electron chi connectivity index (χ4n) is 3.86. The third kappa shape index (κ3) is 3.07. The second-order valence-electron chi connectivity index (χ2n) is 7.36. The van der Waals surface area contributed by atoms with Crippen molar-refractivity contribution in [2.24, 2.45) is 0 Å². The van der Waals surface area contributed by atoms with Gasteiger partial charge >= 0.3 is 0 Å². The van der Waals surface area contributed by atoms with Gasteiger partial charge in [0, 0.05) is 18.1 Å². The quantitative estimate of drug-likeness (QED) is 0.561. The number of nitrogens with zero attached hydrogens (tertiary/aromatic N) is 2. The summed E-state index contributed by atoms with van der Waals surface area (Å²) >= 11 is 0. The Morgan fingerprint density at radius 2 is 1.97 bits per heavy atom. The van der Waals surface area contributed by atoms with Crippen LogP contribution in [0, 0.1) is 6.92 Å². The van der Waals surface area contributed by atoms with Crippen LogP contribution in [0.25, 0.3) is 21.8 Å². The van der Waals surface area contributed by atoms with Gasteiger partial charge in [0.25, 0.3) is 10.0 Å². The number of para-hydroxylation sites is 1. The number of hydrogen-bond donors (Lipinski definition) is 1. The van der Waals surface area contributed by atoms with Crippen molar-refractivity contribution in [3.8, 4) is 5.88 Å². The van der Waals surface area contributed by atoms with Gasteiger partial charge in [-0.1, -0.05) is 30.3 Å². The predicted octanol–water partition coefficient (Wildman–Crippen LogP) is 3.48.